The summed E-state index contributed by atoms with van der Waals surface area (Å²) >= 11 is 0. The maximum atomic E-state index is 12.6. The number of carbonyl (C=O) groups excluding carboxylic acids is 2. The van der Waals surface area contributed by atoms with Crippen LogP contribution >= 0.6 is 0 Å². The summed E-state index contributed by atoms with van der Waals surface area (Å²) in [5.74, 6) is -2.14. The van der Waals surface area contributed by atoms with Gasteiger partial charge < -0.3 is 5.11 Å². The molecule has 0 aromatic heterocycles. The van der Waals surface area contributed by atoms with Gasteiger partial charge in [-0.05, 0) is 44.9 Å². The van der Waals surface area contributed by atoms with Crippen LogP contribution in [0.4, 0.5) is 5.69 Å². The van der Waals surface area contributed by atoms with Gasteiger partial charge in [-0.2, -0.15) is 0 Å². The normalized spacial score (nSPS) is 24.7. The fraction of sp³-hybridized carbons (Fsp3) is 0.353. The number of fused-ring (bicyclic) bond motifs is 1. The first kappa shape index (κ1) is 14.5. The molecule has 1 aromatic rings. The Labute approximate surface area is 128 Å². The van der Waals surface area contributed by atoms with Crippen LogP contribution in [0, 0.1) is 11.8 Å². The average molecular weight is 299 g/mol. The van der Waals surface area contributed by atoms with E-state index in [9.17, 15) is 14.4 Å². The molecule has 0 radical (unpaired) electrons. The predicted molar refractivity (Wildman–Crippen MR) is 80.5 cm³/mol. The number of carboxylic acids is 1. The van der Waals surface area contributed by atoms with E-state index in [2.05, 4.69) is 0 Å². The zero-order chi connectivity index (χ0) is 16.0. The SMILES string of the molecule is CC1=C(C)C[C@H]2C(=O)N(c3cccc(C(=O)O)c3)C(=O)[C@H]2C1. The number of anilines is 1. The van der Waals surface area contributed by atoms with Crippen molar-refractivity contribution in [2.45, 2.75) is 26.7 Å². The number of carboxylic acid groups (broad SMARTS) is 1. The molecular weight excluding hydrogens is 282 g/mol. The van der Waals surface area contributed by atoms with E-state index in [-0.39, 0.29) is 29.2 Å². The van der Waals surface area contributed by atoms with Crippen LogP contribution in [0.15, 0.2) is 35.4 Å². The van der Waals surface area contributed by atoms with E-state index < -0.39 is 5.97 Å². The molecule has 1 aliphatic heterocycles. The second-order valence-electron chi connectivity index (χ2n) is 6.05. The Morgan fingerprint density at radius 3 is 2.14 bits per heavy atom. The summed E-state index contributed by atoms with van der Waals surface area (Å²) in [4.78, 5) is 37.5. The highest BCUT2D eigenvalue weighted by molar-refractivity contribution is 6.22. The lowest BCUT2D eigenvalue weighted by Crippen LogP contribution is -2.31. The minimum Gasteiger partial charge on any atom is -0.478 e. The van der Waals surface area contributed by atoms with Crippen molar-refractivity contribution < 1.29 is 19.5 Å². The monoisotopic (exact) mass is 299 g/mol. The second kappa shape index (κ2) is 5.09. The summed E-state index contributed by atoms with van der Waals surface area (Å²) in [5.41, 5.74) is 2.75. The number of amides is 2. The second-order valence-corrected chi connectivity index (χ2v) is 6.05. The molecule has 3 rings (SSSR count). The summed E-state index contributed by atoms with van der Waals surface area (Å²) < 4.78 is 0. The van der Waals surface area contributed by atoms with Crippen LogP contribution in [-0.4, -0.2) is 22.9 Å². The van der Waals surface area contributed by atoms with Crippen molar-refractivity contribution in [3.8, 4) is 0 Å². The molecule has 114 valence electrons. The predicted octanol–water partition coefficient (Wildman–Crippen LogP) is 2.62. The maximum absolute atomic E-state index is 12.6. The molecule has 2 aliphatic rings. The molecule has 1 aromatic carbocycles. The summed E-state index contributed by atoms with van der Waals surface area (Å²) in [5, 5.41) is 9.06. The van der Waals surface area contributed by atoms with E-state index in [1.165, 1.54) is 23.3 Å². The van der Waals surface area contributed by atoms with Gasteiger partial charge in [0.2, 0.25) is 11.8 Å². The first-order valence-corrected chi connectivity index (χ1v) is 7.26. The highest BCUT2D eigenvalue weighted by Gasteiger charge is 2.49. The molecule has 0 saturated carbocycles. The van der Waals surface area contributed by atoms with E-state index in [0.717, 1.165) is 4.90 Å². The molecule has 2 amide bonds. The zero-order valence-electron chi connectivity index (χ0n) is 12.5. The molecule has 22 heavy (non-hydrogen) atoms. The van der Waals surface area contributed by atoms with Crippen molar-refractivity contribution in [2.75, 3.05) is 4.90 Å². The van der Waals surface area contributed by atoms with Crippen LogP contribution in [0.1, 0.15) is 37.0 Å². The molecule has 0 spiro atoms. The number of benzene rings is 1. The molecule has 2 atom stereocenters. The minimum absolute atomic E-state index is 0.0680. The van der Waals surface area contributed by atoms with Gasteiger partial charge in [0, 0.05) is 0 Å². The molecule has 1 fully saturated rings. The van der Waals surface area contributed by atoms with Crippen LogP contribution in [0.3, 0.4) is 0 Å². The largest absolute Gasteiger partial charge is 0.478 e. The lowest BCUT2D eigenvalue weighted by molar-refractivity contribution is -0.122. The number of aromatic carboxylic acids is 1. The fourth-order valence-electron chi connectivity index (χ4n) is 3.28. The van der Waals surface area contributed by atoms with Crippen LogP contribution in [-0.2, 0) is 9.59 Å². The lowest BCUT2D eigenvalue weighted by Gasteiger charge is -2.23. The average Bonchev–Trinajstić information content (AvgIpc) is 2.71. The summed E-state index contributed by atoms with van der Waals surface area (Å²) in [6, 6.07) is 5.98. The third kappa shape index (κ3) is 2.13. The molecule has 5 heteroatoms. The molecule has 0 bridgehead atoms. The Kier molecular flexibility index (Phi) is 3.35. The van der Waals surface area contributed by atoms with E-state index in [4.69, 9.17) is 5.11 Å². The number of carbonyl (C=O) groups is 3. The van der Waals surface area contributed by atoms with Crippen molar-refractivity contribution in [2.24, 2.45) is 11.8 Å². The van der Waals surface area contributed by atoms with E-state index in [0.29, 0.717) is 18.5 Å². The van der Waals surface area contributed by atoms with Gasteiger partial charge in [-0.1, -0.05) is 17.2 Å². The number of nitrogens with zero attached hydrogens (tertiary/aromatic N) is 1. The Bertz CT molecular complexity index is 687. The topological polar surface area (TPSA) is 74.7 Å². The van der Waals surface area contributed by atoms with Crippen LogP contribution < -0.4 is 4.90 Å². The first-order chi connectivity index (χ1) is 10.4. The number of imide groups is 1. The highest BCUT2D eigenvalue weighted by atomic mass is 16.4. The number of hydrogen-bond donors (Lipinski definition) is 1. The minimum atomic E-state index is -1.08. The van der Waals surface area contributed by atoms with Gasteiger partial charge in [0.1, 0.15) is 0 Å². The number of rotatable bonds is 2. The van der Waals surface area contributed by atoms with Crippen molar-refractivity contribution in [3.05, 3.63) is 41.0 Å². The molecule has 1 N–H and O–H groups in total. The third-order valence-corrected chi connectivity index (χ3v) is 4.69. The Morgan fingerprint density at radius 1 is 1.09 bits per heavy atom. The standard InChI is InChI=1S/C17H17NO4/c1-9-6-13-14(7-10(9)2)16(20)18(15(13)19)12-5-3-4-11(8-12)17(21)22/h3-5,8,13-14H,6-7H2,1-2H3,(H,21,22)/t13-,14+. The van der Waals surface area contributed by atoms with Gasteiger partial charge in [-0.25, -0.2) is 4.79 Å². The molecule has 1 saturated heterocycles. The molecule has 5 nitrogen and oxygen atoms in total. The number of allylic oxidation sites excluding steroid dienone is 2. The number of hydrogen-bond acceptors (Lipinski definition) is 3. The van der Waals surface area contributed by atoms with Gasteiger partial charge >= 0.3 is 5.97 Å². The van der Waals surface area contributed by atoms with Gasteiger partial charge in [0.05, 0.1) is 23.1 Å². The van der Waals surface area contributed by atoms with Crippen LogP contribution in [0.5, 0.6) is 0 Å². The molecular formula is C17H17NO4. The first-order valence-electron chi connectivity index (χ1n) is 7.26. The van der Waals surface area contributed by atoms with Crippen molar-refractivity contribution in [1.29, 1.82) is 0 Å². The van der Waals surface area contributed by atoms with Crippen molar-refractivity contribution >= 4 is 23.5 Å². The van der Waals surface area contributed by atoms with E-state index in [1.54, 1.807) is 12.1 Å². The van der Waals surface area contributed by atoms with Crippen LogP contribution in [0.2, 0.25) is 0 Å². The zero-order valence-corrected chi connectivity index (χ0v) is 12.5. The summed E-state index contributed by atoms with van der Waals surface area (Å²) in [6.07, 6.45) is 1.21. The third-order valence-electron chi connectivity index (χ3n) is 4.69. The Morgan fingerprint density at radius 2 is 1.64 bits per heavy atom. The molecule has 1 aliphatic carbocycles. The lowest BCUT2D eigenvalue weighted by atomic mass is 9.78. The highest BCUT2D eigenvalue weighted by Crippen LogP contribution is 2.42. The van der Waals surface area contributed by atoms with Crippen molar-refractivity contribution in [1.82, 2.24) is 0 Å². The van der Waals surface area contributed by atoms with Crippen molar-refractivity contribution in [3.63, 3.8) is 0 Å². The van der Waals surface area contributed by atoms with E-state index >= 15 is 0 Å². The molecule has 1 heterocycles. The Hall–Kier alpha value is -2.43. The van der Waals surface area contributed by atoms with Crippen LogP contribution in [0.25, 0.3) is 0 Å². The van der Waals surface area contributed by atoms with Gasteiger partial charge in [0.15, 0.2) is 0 Å². The molecule has 0 unspecified atom stereocenters. The van der Waals surface area contributed by atoms with Gasteiger partial charge in [-0.15, -0.1) is 0 Å². The van der Waals surface area contributed by atoms with E-state index in [1.807, 2.05) is 13.8 Å². The fourth-order valence-corrected chi connectivity index (χ4v) is 3.28. The smallest absolute Gasteiger partial charge is 0.335 e. The Balaban J connectivity index is 1.97. The summed E-state index contributed by atoms with van der Waals surface area (Å²) in [6.45, 7) is 3.99. The van der Waals surface area contributed by atoms with Gasteiger partial charge in [0.25, 0.3) is 0 Å². The maximum Gasteiger partial charge on any atom is 0.335 e. The summed E-state index contributed by atoms with van der Waals surface area (Å²) in [7, 11) is 0. The quantitative estimate of drug-likeness (QED) is 0.673. The van der Waals surface area contributed by atoms with Gasteiger partial charge in [-0.3, -0.25) is 14.5 Å².